The molecule has 4 aromatic heterocycles. The van der Waals surface area contributed by atoms with Gasteiger partial charge in [0, 0.05) is 24.5 Å². The standard InChI is InChI=1S/C23H26N6O2S/c1-14-9-17-11-18(19(31-4)13-29(17)26-14)24-22(30)20-10-15-5-6-21(25-23(15)32-20)28-8-7-16(12-28)27(2)3/h5-6,9-11,13,16H,7-8,12H2,1-4H3,(H,24,30)/t16-/m0/s1. The van der Waals surface area contributed by atoms with Crippen molar-refractivity contribution in [1.29, 1.82) is 0 Å². The maximum atomic E-state index is 13.0. The molecule has 5 heterocycles. The third-order valence-corrected chi connectivity index (χ3v) is 7.01. The van der Waals surface area contributed by atoms with Gasteiger partial charge in [0.1, 0.15) is 10.6 Å². The van der Waals surface area contributed by atoms with E-state index in [1.807, 2.05) is 31.2 Å². The van der Waals surface area contributed by atoms with Crippen LogP contribution in [0.2, 0.25) is 0 Å². The van der Waals surface area contributed by atoms with Crippen LogP contribution in [0.4, 0.5) is 11.5 Å². The molecule has 0 saturated carbocycles. The summed E-state index contributed by atoms with van der Waals surface area (Å²) in [5.74, 6) is 1.35. The van der Waals surface area contributed by atoms with Gasteiger partial charge in [-0.1, -0.05) is 0 Å². The molecular formula is C23H26N6O2S. The van der Waals surface area contributed by atoms with E-state index in [1.165, 1.54) is 11.3 Å². The van der Waals surface area contributed by atoms with E-state index >= 15 is 0 Å². The van der Waals surface area contributed by atoms with E-state index in [9.17, 15) is 4.79 Å². The molecule has 1 amide bonds. The Bertz CT molecular complexity index is 1310. The average Bonchev–Trinajstić information content (AvgIpc) is 3.49. The Morgan fingerprint density at radius 1 is 1.28 bits per heavy atom. The minimum atomic E-state index is -0.178. The smallest absolute Gasteiger partial charge is 0.265 e. The van der Waals surface area contributed by atoms with Crippen molar-refractivity contribution in [2.24, 2.45) is 0 Å². The van der Waals surface area contributed by atoms with Crippen LogP contribution in [0.25, 0.3) is 15.7 Å². The first-order valence-electron chi connectivity index (χ1n) is 10.6. The molecule has 4 aromatic rings. The fourth-order valence-electron chi connectivity index (χ4n) is 4.16. The molecule has 1 N–H and O–H groups in total. The number of fused-ring (bicyclic) bond motifs is 2. The number of rotatable bonds is 5. The highest BCUT2D eigenvalue weighted by Crippen LogP contribution is 2.31. The highest BCUT2D eigenvalue weighted by atomic mass is 32.1. The predicted octanol–water partition coefficient (Wildman–Crippen LogP) is 3.65. The molecule has 0 spiro atoms. The zero-order chi connectivity index (χ0) is 22.4. The average molecular weight is 451 g/mol. The fraction of sp³-hybridized carbons (Fsp3) is 0.348. The molecule has 0 aromatic carbocycles. The zero-order valence-electron chi connectivity index (χ0n) is 18.6. The van der Waals surface area contributed by atoms with Crippen molar-refractivity contribution in [2.45, 2.75) is 19.4 Å². The van der Waals surface area contributed by atoms with Gasteiger partial charge in [0.15, 0.2) is 5.75 Å². The van der Waals surface area contributed by atoms with Gasteiger partial charge in [0.05, 0.1) is 35.1 Å². The highest BCUT2D eigenvalue weighted by Gasteiger charge is 2.25. The van der Waals surface area contributed by atoms with Gasteiger partial charge in [-0.25, -0.2) is 9.50 Å². The van der Waals surface area contributed by atoms with E-state index in [2.05, 4.69) is 40.4 Å². The van der Waals surface area contributed by atoms with E-state index in [4.69, 9.17) is 9.72 Å². The summed E-state index contributed by atoms with van der Waals surface area (Å²) in [5, 5.41) is 8.36. The van der Waals surface area contributed by atoms with Gasteiger partial charge in [0.2, 0.25) is 0 Å². The first-order valence-corrected chi connectivity index (χ1v) is 11.4. The molecule has 1 saturated heterocycles. The molecule has 8 nitrogen and oxygen atoms in total. The van der Waals surface area contributed by atoms with Gasteiger partial charge in [-0.3, -0.25) is 4.79 Å². The number of ether oxygens (including phenoxy) is 1. The van der Waals surface area contributed by atoms with Crippen molar-refractivity contribution in [3.05, 3.63) is 47.1 Å². The van der Waals surface area contributed by atoms with Crippen molar-refractivity contribution in [3.63, 3.8) is 0 Å². The number of nitrogens with one attached hydrogen (secondary N) is 1. The highest BCUT2D eigenvalue weighted by molar-refractivity contribution is 7.20. The van der Waals surface area contributed by atoms with Gasteiger partial charge in [-0.2, -0.15) is 5.10 Å². The lowest BCUT2D eigenvalue weighted by atomic mass is 10.2. The van der Waals surface area contributed by atoms with Crippen molar-refractivity contribution >= 4 is 44.5 Å². The lowest BCUT2D eigenvalue weighted by molar-refractivity contribution is 0.103. The summed E-state index contributed by atoms with van der Waals surface area (Å²) in [5.41, 5.74) is 2.41. The van der Waals surface area contributed by atoms with E-state index in [1.54, 1.807) is 17.8 Å². The monoisotopic (exact) mass is 450 g/mol. The number of nitrogens with zero attached hydrogens (tertiary/aromatic N) is 5. The molecule has 1 aliphatic rings. The van der Waals surface area contributed by atoms with Crippen LogP contribution in [0.1, 0.15) is 21.8 Å². The maximum absolute atomic E-state index is 13.0. The maximum Gasteiger partial charge on any atom is 0.265 e. The number of methoxy groups -OCH3 is 1. The van der Waals surface area contributed by atoms with Gasteiger partial charge >= 0.3 is 0 Å². The lowest BCUT2D eigenvalue weighted by Crippen LogP contribution is -2.31. The van der Waals surface area contributed by atoms with E-state index in [-0.39, 0.29) is 5.91 Å². The fourth-order valence-corrected chi connectivity index (χ4v) is 5.08. The van der Waals surface area contributed by atoms with Crippen LogP contribution < -0.4 is 15.0 Å². The molecule has 1 fully saturated rings. The first kappa shape index (κ1) is 20.7. The summed E-state index contributed by atoms with van der Waals surface area (Å²) < 4.78 is 7.21. The van der Waals surface area contributed by atoms with E-state index in [0.29, 0.717) is 22.4 Å². The van der Waals surface area contributed by atoms with Crippen LogP contribution in [0.15, 0.2) is 36.5 Å². The summed E-state index contributed by atoms with van der Waals surface area (Å²) >= 11 is 1.41. The molecule has 0 aliphatic carbocycles. The molecule has 0 radical (unpaired) electrons. The minimum absolute atomic E-state index is 0.178. The summed E-state index contributed by atoms with van der Waals surface area (Å²) in [6.07, 6.45) is 2.90. The van der Waals surface area contributed by atoms with Crippen LogP contribution in [-0.2, 0) is 0 Å². The van der Waals surface area contributed by atoms with Gasteiger partial charge in [0.25, 0.3) is 5.91 Å². The number of hydrogen-bond acceptors (Lipinski definition) is 7. The van der Waals surface area contributed by atoms with Crippen molar-refractivity contribution in [3.8, 4) is 5.75 Å². The Morgan fingerprint density at radius 2 is 2.12 bits per heavy atom. The third-order valence-electron chi connectivity index (χ3n) is 5.96. The van der Waals surface area contributed by atoms with Gasteiger partial charge in [-0.05, 0) is 57.8 Å². The molecular weight excluding hydrogens is 424 g/mol. The summed E-state index contributed by atoms with van der Waals surface area (Å²) in [7, 11) is 5.82. The number of hydrogen-bond donors (Lipinski definition) is 1. The topological polar surface area (TPSA) is 75.0 Å². The Balaban J connectivity index is 1.39. The number of pyridine rings is 2. The van der Waals surface area contributed by atoms with Gasteiger partial charge < -0.3 is 19.9 Å². The Labute approximate surface area is 190 Å². The molecule has 166 valence electrons. The molecule has 0 bridgehead atoms. The second kappa shape index (κ2) is 8.07. The Hall–Kier alpha value is -3.17. The number of aryl methyl sites for hydroxylation is 1. The van der Waals surface area contributed by atoms with Gasteiger partial charge in [-0.15, -0.1) is 11.3 Å². The number of anilines is 2. The number of carbonyl (C=O) groups is 1. The van der Waals surface area contributed by atoms with E-state index in [0.717, 1.165) is 46.8 Å². The van der Waals surface area contributed by atoms with E-state index < -0.39 is 0 Å². The molecule has 9 heteroatoms. The zero-order valence-corrected chi connectivity index (χ0v) is 19.4. The lowest BCUT2D eigenvalue weighted by Gasteiger charge is -2.21. The second-order valence-corrected chi connectivity index (χ2v) is 9.42. The van der Waals surface area contributed by atoms with Crippen LogP contribution in [-0.4, -0.2) is 65.7 Å². The van der Waals surface area contributed by atoms with Crippen LogP contribution >= 0.6 is 11.3 Å². The number of aromatic nitrogens is 3. The van der Waals surface area contributed by atoms with Crippen molar-refractivity contribution in [1.82, 2.24) is 19.5 Å². The molecule has 0 unspecified atom stereocenters. The SMILES string of the molecule is COc1cn2nc(C)cc2cc1NC(=O)c1cc2ccc(N3CC[C@H](N(C)C)C3)nc2s1. The van der Waals surface area contributed by atoms with Crippen LogP contribution in [0.5, 0.6) is 5.75 Å². The summed E-state index contributed by atoms with van der Waals surface area (Å²) in [6, 6.07) is 10.4. The van der Waals surface area contributed by atoms with Crippen molar-refractivity contribution < 1.29 is 9.53 Å². The van der Waals surface area contributed by atoms with Crippen molar-refractivity contribution in [2.75, 3.05) is 44.5 Å². The number of carbonyl (C=O) groups excluding carboxylic acids is 1. The van der Waals surface area contributed by atoms with Crippen LogP contribution in [0.3, 0.4) is 0 Å². The normalized spacial score (nSPS) is 16.4. The predicted molar refractivity (Wildman–Crippen MR) is 128 cm³/mol. The molecule has 1 aliphatic heterocycles. The number of likely N-dealkylation sites (N-methyl/N-ethyl adjacent to an activating group) is 1. The van der Waals surface area contributed by atoms with Crippen LogP contribution in [0, 0.1) is 6.92 Å². The number of thiophene rings is 1. The Morgan fingerprint density at radius 3 is 2.88 bits per heavy atom. The minimum Gasteiger partial charge on any atom is -0.493 e. The second-order valence-electron chi connectivity index (χ2n) is 8.39. The summed E-state index contributed by atoms with van der Waals surface area (Å²) in [6.45, 7) is 3.90. The Kier molecular flexibility index (Phi) is 5.22. The molecule has 32 heavy (non-hydrogen) atoms. The number of amides is 1. The summed E-state index contributed by atoms with van der Waals surface area (Å²) in [4.78, 5) is 23.9. The largest absolute Gasteiger partial charge is 0.493 e. The third kappa shape index (κ3) is 3.78. The molecule has 5 rings (SSSR count). The molecule has 1 atom stereocenters. The quantitative estimate of drug-likeness (QED) is 0.500. The first-order chi connectivity index (χ1) is 15.4.